The van der Waals surface area contributed by atoms with Gasteiger partial charge in [-0.15, -0.1) is 0 Å². The normalized spacial score (nSPS) is 17.9. The number of aliphatic hydroxyl groups is 1. The van der Waals surface area contributed by atoms with E-state index in [1.807, 2.05) is 35.1 Å². The Morgan fingerprint density at radius 3 is 2.71 bits per heavy atom. The van der Waals surface area contributed by atoms with Crippen LogP contribution in [0.4, 0.5) is 10.2 Å². The van der Waals surface area contributed by atoms with E-state index >= 15 is 0 Å². The van der Waals surface area contributed by atoms with Crippen LogP contribution >= 0.6 is 0 Å². The van der Waals surface area contributed by atoms with Crippen molar-refractivity contribution in [1.82, 2.24) is 29.6 Å². The first kappa shape index (κ1) is 24.5. The summed E-state index contributed by atoms with van der Waals surface area (Å²) in [6, 6.07) is 15.8. The molecule has 1 fully saturated rings. The number of fused-ring (bicyclic) bond motifs is 2. The summed E-state index contributed by atoms with van der Waals surface area (Å²) in [7, 11) is 0. The fraction of sp³-hybridized carbons (Fsp3) is 0.345. The van der Waals surface area contributed by atoms with Gasteiger partial charge in [0.2, 0.25) is 0 Å². The van der Waals surface area contributed by atoms with Crippen molar-refractivity contribution in [2.75, 3.05) is 18.9 Å². The molecule has 196 valence electrons. The van der Waals surface area contributed by atoms with E-state index < -0.39 is 0 Å². The van der Waals surface area contributed by atoms with Crippen molar-refractivity contribution >= 4 is 27.8 Å². The molecular weight excluding hydrogens is 481 g/mol. The molecule has 4 N–H and O–H groups in total. The summed E-state index contributed by atoms with van der Waals surface area (Å²) in [5.41, 5.74) is 10.5. The molecule has 1 aliphatic carbocycles. The zero-order valence-corrected chi connectivity index (χ0v) is 21.2. The Hall–Kier alpha value is -3.82. The van der Waals surface area contributed by atoms with Crippen LogP contribution in [-0.4, -0.2) is 48.6 Å². The lowest BCUT2D eigenvalue weighted by molar-refractivity contribution is 0.259. The first-order valence-corrected chi connectivity index (χ1v) is 13.3. The largest absolute Gasteiger partial charge is 0.396 e. The van der Waals surface area contributed by atoms with Crippen molar-refractivity contribution < 1.29 is 9.50 Å². The summed E-state index contributed by atoms with van der Waals surface area (Å²) in [5.74, 6) is 0.223. The zero-order valence-electron chi connectivity index (χ0n) is 21.2. The van der Waals surface area contributed by atoms with Gasteiger partial charge >= 0.3 is 0 Å². The molecule has 0 radical (unpaired) electrons. The second-order valence-corrected chi connectivity index (χ2v) is 10.1. The summed E-state index contributed by atoms with van der Waals surface area (Å²) >= 11 is 0. The van der Waals surface area contributed by atoms with Gasteiger partial charge in [0.15, 0.2) is 5.65 Å². The smallest absolute Gasteiger partial charge is 0.164 e. The third-order valence-electron chi connectivity index (χ3n) is 7.67. The van der Waals surface area contributed by atoms with Gasteiger partial charge in [0.25, 0.3) is 0 Å². The molecule has 3 heterocycles. The average molecular weight is 514 g/mol. The molecule has 1 saturated carbocycles. The van der Waals surface area contributed by atoms with Gasteiger partial charge in [0, 0.05) is 40.9 Å². The molecule has 38 heavy (non-hydrogen) atoms. The number of nitrogens with two attached hydrogens (primary N) is 1. The Balaban J connectivity index is 1.31. The van der Waals surface area contributed by atoms with E-state index in [4.69, 9.17) is 15.9 Å². The van der Waals surface area contributed by atoms with E-state index in [0.29, 0.717) is 24.0 Å². The van der Waals surface area contributed by atoms with E-state index in [1.165, 1.54) is 12.4 Å². The first-order valence-electron chi connectivity index (χ1n) is 13.3. The summed E-state index contributed by atoms with van der Waals surface area (Å²) in [5, 5.41) is 19.5. The van der Waals surface area contributed by atoms with Crippen molar-refractivity contribution in [1.29, 1.82) is 0 Å². The Morgan fingerprint density at radius 1 is 1.05 bits per heavy atom. The van der Waals surface area contributed by atoms with Crippen LogP contribution in [0.25, 0.3) is 33.2 Å². The maximum atomic E-state index is 14.2. The number of anilines is 1. The van der Waals surface area contributed by atoms with E-state index in [1.54, 1.807) is 6.07 Å². The highest BCUT2D eigenvalue weighted by Crippen LogP contribution is 2.37. The number of aliphatic hydroxyl groups excluding tert-OH is 1. The van der Waals surface area contributed by atoms with Gasteiger partial charge in [-0.05, 0) is 62.9 Å². The average Bonchev–Trinajstić information content (AvgIpc) is 3.53. The van der Waals surface area contributed by atoms with Crippen LogP contribution in [0.1, 0.15) is 43.7 Å². The number of benzene rings is 2. The number of rotatable bonds is 8. The molecule has 0 atom stereocenters. The van der Waals surface area contributed by atoms with E-state index in [9.17, 15) is 4.39 Å². The van der Waals surface area contributed by atoms with Crippen molar-refractivity contribution in [3.05, 3.63) is 72.4 Å². The van der Waals surface area contributed by atoms with Crippen LogP contribution in [0.15, 0.2) is 61.1 Å². The van der Waals surface area contributed by atoms with Crippen LogP contribution in [0.5, 0.6) is 0 Å². The fourth-order valence-electron chi connectivity index (χ4n) is 5.66. The minimum Gasteiger partial charge on any atom is -0.396 e. The highest BCUT2D eigenvalue weighted by atomic mass is 19.1. The number of hydrogen-bond acceptors (Lipinski definition) is 6. The van der Waals surface area contributed by atoms with Gasteiger partial charge in [0.05, 0.1) is 18.0 Å². The Kier molecular flexibility index (Phi) is 6.78. The predicted molar refractivity (Wildman–Crippen MR) is 147 cm³/mol. The highest BCUT2D eigenvalue weighted by molar-refractivity contribution is 6.00. The monoisotopic (exact) mass is 513 g/mol. The molecule has 3 aromatic heterocycles. The zero-order chi connectivity index (χ0) is 26.1. The number of halogens is 1. The third-order valence-corrected chi connectivity index (χ3v) is 7.67. The van der Waals surface area contributed by atoms with Crippen molar-refractivity contribution in [3.8, 4) is 11.3 Å². The van der Waals surface area contributed by atoms with E-state index in [0.717, 1.165) is 71.8 Å². The Bertz CT molecular complexity index is 1570. The molecule has 1 aliphatic rings. The molecule has 6 rings (SSSR count). The van der Waals surface area contributed by atoms with Crippen LogP contribution in [0, 0.1) is 5.82 Å². The van der Waals surface area contributed by atoms with Crippen LogP contribution in [0.3, 0.4) is 0 Å². The van der Waals surface area contributed by atoms with Crippen LogP contribution in [-0.2, 0) is 6.54 Å². The lowest BCUT2D eigenvalue weighted by Gasteiger charge is -2.29. The maximum Gasteiger partial charge on any atom is 0.164 e. The molecule has 5 aromatic rings. The second-order valence-electron chi connectivity index (χ2n) is 10.1. The molecular formula is C29H32FN7O. The van der Waals surface area contributed by atoms with E-state index in [2.05, 4.69) is 32.0 Å². The van der Waals surface area contributed by atoms with Crippen molar-refractivity contribution in [3.63, 3.8) is 0 Å². The lowest BCUT2D eigenvalue weighted by atomic mass is 9.91. The Labute approximate surface area is 220 Å². The molecule has 0 aliphatic heterocycles. The fourth-order valence-corrected chi connectivity index (χ4v) is 5.66. The number of hydrogen-bond donors (Lipinski definition) is 3. The minimum absolute atomic E-state index is 0.201. The summed E-state index contributed by atoms with van der Waals surface area (Å²) < 4.78 is 18.3. The van der Waals surface area contributed by atoms with Gasteiger partial charge in [-0.25, -0.2) is 19.0 Å². The Morgan fingerprint density at radius 2 is 1.89 bits per heavy atom. The molecule has 2 aromatic carbocycles. The molecule has 8 nitrogen and oxygen atoms in total. The van der Waals surface area contributed by atoms with Gasteiger partial charge in [-0.2, -0.15) is 5.10 Å². The summed E-state index contributed by atoms with van der Waals surface area (Å²) in [6.45, 7) is 1.52. The van der Waals surface area contributed by atoms with Crippen molar-refractivity contribution in [2.45, 2.75) is 50.7 Å². The van der Waals surface area contributed by atoms with Crippen LogP contribution < -0.4 is 11.1 Å². The number of nitrogen functional groups attached to an aromatic ring is 1. The summed E-state index contributed by atoms with van der Waals surface area (Å²) in [4.78, 5) is 8.86. The first-order chi connectivity index (χ1) is 18.6. The SMILES string of the molecule is Nc1ncnc2c1c(-c1ccc3c(ccn3Cc3ccccc3F)c1)nn2[C@H]1CC[C@@H](NCCCO)CC1. The molecule has 9 heteroatoms. The quantitative estimate of drug-likeness (QED) is 0.260. The lowest BCUT2D eigenvalue weighted by Crippen LogP contribution is -2.34. The predicted octanol–water partition coefficient (Wildman–Crippen LogP) is 4.67. The molecule has 0 saturated heterocycles. The number of nitrogens with one attached hydrogen (secondary N) is 1. The van der Waals surface area contributed by atoms with Gasteiger partial charge in [0.1, 0.15) is 23.7 Å². The van der Waals surface area contributed by atoms with Gasteiger partial charge < -0.3 is 20.7 Å². The molecule has 0 bridgehead atoms. The summed E-state index contributed by atoms with van der Waals surface area (Å²) in [6.07, 6.45) is 8.36. The minimum atomic E-state index is -0.201. The number of nitrogens with zero attached hydrogens (tertiary/aromatic N) is 5. The molecule has 0 amide bonds. The topological polar surface area (TPSA) is 107 Å². The van der Waals surface area contributed by atoms with Crippen LogP contribution in [0.2, 0.25) is 0 Å². The number of aromatic nitrogens is 5. The highest BCUT2D eigenvalue weighted by Gasteiger charge is 2.27. The standard InChI is InChI=1S/C29H32FN7O/c30-24-5-2-1-4-21(24)17-36-14-12-19-16-20(6-11-25(19)36)27-26-28(31)33-18-34-29(26)37(35-27)23-9-7-22(8-10-23)32-13-3-15-38/h1-2,4-6,11-12,14,16,18,22-23,32,38H,3,7-10,13,15,17H2,(H2,31,33,34)/t22-,23+. The van der Waals surface area contributed by atoms with Gasteiger partial charge in [-0.3, -0.25) is 0 Å². The molecule has 0 unspecified atom stereocenters. The van der Waals surface area contributed by atoms with Gasteiger partial charge in [-0.1, -0.05) is 24.3 Å². The van der Waals surface area contributed by atoms with Crippen molar-refractivity contribution in [2.24, 2.45) is 0 Å². The second kappa shape index (κ2) is 10.5. The third kappa shape index (κ3) is 4.63. The van der Waals surface area contributed by atoms with E-state index in [-0.39, 0.29) is 18.5 Å². The maximum absolute atomic E-state index is 14.2. The molecule has 0 spiro atoms.